The van der Waals surface area contributed by atoms with Gasteiger partial charge in [0.25, 0.3) is 0 Å². The van der Waals surface area contributed by atoms with Crippen LogP contribution in [0.4, 0.5) is 0 Å². The molecule has 0 radical (unpaired) electrons. The Morgan fingerprint density at radius 1 is 1.62 bits per heavy atom. The Balaban J connectivity index is 2.78. The molecule has 0 heterocycles. The van der Waals surface area contributed by atoms with Crippen molar-refractivity contribution < 1.29 is 5.11 Å². The van der Waals surface area contributed by atoms with Gasteiger partial charge in [-0.05, 0) is 31.6 Å². The quantitative estimate of drug-likeness (QED) is 0.705. The monoisotopic (exact) mass is 185 g/mol. The predicted molar refractivity (Wildman–Crippen MR) is 55.4 cm³/mol. The van der Waals surface area contributed by atoms with Gasteiger partial charge in [-0.15, -0.1) is 0 Å². The lowest BCUT2D eigenvalue weighted by Gasteiger charge is -2.42. The lowest BCUT2D eigenvalue weighted by molar-refractivity contribution is -0.0705. The van der Waals surface area contributed by atoms with Crippen molar-refractivity contribution in [2.24, 2.45) is 17.1 Å². The van der Waals surface area contributed by atoms with E-state index in [0.717, 1.165) is 25.7 Å². The summed E-state index contributed by atoms with van der Waals surface area (Å²) in [7, 11) is 0. The molecule has 13 heavy (non-hydrogen) atoms. The molecule has 0 saturated heterocycles. The maximum absolute atomic E-state index is 10.5. The molecule has 2 nitrogen and oxygen atoms in total. The highest BCUT2D eigenvalue weighted by Gasteiger charge is 2.48. The molecule has 1 fully saturated rings. The molecule has 0 aromatic rings. The fourth-order valence-electron chi connectivity index (χ4n) is 2.48. The summed E-state index contributed by atoms with van der Waals surface area (Å²) < 4.78 is 0. The first-order chi connectivity index (χ1) is 5.97. The molecule has 0 aromatic heterocycles. The number of rotatable bonds is 3. The lowest BCUT2D eigenvalue weighted by atomic mass is 9.70. The van der Waals surface area contributed by atoms with Crippen molar-refractivity contribution in [1.82, 2.24) is 0 Å². The molecule has 3 atom stereocenters. The topological polar surface area (TPSA) is 46.2 Å². The molecule has 0 spiro atoms. The fourth-order valence-corrected chi connectivity index (χ4v) is 2.48. The third-order valence-corrected chi connectivity index (χ3v) is 4.09. The van der Waals surface area contributed by atoms with Crippen LogP contribution < -0.4 is 5.73 Å². The van der Waals surface area contributed by atoms with E-state index in [0.29, 0.717) is 12.5 Å². The Kier molecular flexibility index (Phi) is 3.03. The maximum atomic E-state index is 10.5. The summed E-state index contributed by atoms with van der Waals surface area (Å²) in [5, 5.41) is 10.5. The van der Waals surface area contributed by atoms with Crippen molar-refractivity contribution in [1.29, 1.82) is 0 Å². The average Bonchev–Trinajstić information content (AvgIpc) is 2.46. The van der Waals surface area contributed by atoms with E-state index in [2.05, 4.69) is 20.8 Å². The van der Waals surface area contributed by atoms with E-state index in [1.807, 2.05) is 0 Å². The molecular formula is C11H23NO. The first-order valence-corrected chi connectivity index (χ1v) is 5.40. The van der Waals surface area contributed by atoms with Crippen LogP contribution in [0.25, 0.3) is 0 Å². The first-order valence-electron chi connectivity index (χ1n) is 5.40. The van der Waals surface area contributed by atoms with Crippen molar-refractivity contribution in [3.05, 3.63) is 0 Å². The lowest BCUT2D eigenvalue weighted by Crippen LogP contribution is -2.48. The summed E-state index contributed by atoms with van der Waals surface area (Å²) in [6.45, 7) is 7.04. The van der Waals surface area contributed by atoms with Crippen LogP contribution in [0.1, 0.15) is 46.5 Å². The molecule has 1 saturated carbocycles. The van der Waals surface area contributed by atoms with Crippen molar-refractivity contribution in [3.63, 3.8) is 0 Å². The Morgan fingerprint density at radius 3 is 2.54 bits per heavy atom. The van der Waals surface area contributed by atoms with Gasteiger partial charge in [-0.3, -0.25) is 0 Å². The zero-order valence-electron chi connectivity index (χ0n) is 9.14. The predicted octanol–water partition coefficient (Wildman–Crippen LogP) is 1.91. The molecule has 3 unspecified atom stereocenters. The third kappa shape index (κ3) is 1.75. The van der Waals surface area contributed by atoms with Gasteiger partial charge in [0.15, 0.2) is 0 Å². The van der Waals surface area contributed by atoms with Gasteiger partial charge in [0.2, 0.25) is 0 Å². The van der Waals surface area contributed by atoms with Gasteiger partial charge in [-0.25, -0.2) is 0 Å². The Labute approximate surface area is 81.5 Å². The number of hydrogen-bond acceptors (Lipinski definition) is 2. The molecule has 0 aromatic carbocycles. The van der Waals surface area contributed by atoms with Crippen LogP contribution in [0.3, 0.4) is 0 Å². The standard InChI is InChI=1S/C11H23NO/c1-4-10(3,8-12)11(13)6-5-9(2)7-11/h9,13H,4-8,12H2,1-3H3. The van der Waals surface area contributed by atoms with Crippen molar-refractivity contribution in [3.8, 4) is 0 Å². The zero-order valence-corrected chi connectivity index (χ0v) is 9.14. The summed E-state index contributed by atoms with van der Waals surface area (Å²) >= 11 is 0. The Hall–Kier alpha value is -0.0800. The van der Waals surface area contributed by atoms with Crippen molar-refractivity contribution >= 4 is 0 Å². The Bertz CT molecular complexity index is 177. The van der Waals surface area contributed by atoms with Crippen LogP contribution in [0.2, 0.25) is 0 Å². The fraction of sp³-hybridized carbons (Fsp3) is 1.00. The normalized spacial score (nSPS) is 39.0. The highest BCUT2D eigenvalue weighted by molar-refractivity contribution is 5.00. The molecule has 1 rings (SSSR count). The second-order valence-electron chi connectivity index (χ2n) is 5.00. The molecule has 3 N–H and O–H groups in total. The molecule has 1 aliphatic rings. The van der Waals surface area contributed by atoms with Crippen molar-refractivity contribution in [2.45, 2.75) is 52.1 Å². The smallest absolute Gasteiger partial charge is 0.0715 e. The van der Waals surface area contributed by atoms with Crippen molar-refractivity contribution in [2.75, 3.05) is 6.54 Å². The first kappa shape index (κ1) is 11.0. The molecule has 78 valence electrons. The second kappa shape index (κ2) is 3.58. The molecule has 0 amide bonds. The van der Waals surface area contributed by atoms with E-state index in [9.17, 15) is 5.11 Å². The van der Waals surface area contributed by atoms with Gasteiger partial charge in [0.05, 0.1) is 5.60 Å². The van der Waals surface area contributed by atoms with Gasteiger partial charge < -0.3 is 10.8 Å². The van der Waals surface area contributed by atoms with E-state index >= 15 is 0 Å². The van der Waals surface area contributed by atoms with Crippen LogP contribution in [0, 0.1) is 11.3 Å². The zero-order chi connectivity index (χ0) is 10.1. The van der Waals surface area contributed by atoms with Gasteiger partial charge >= 0.3 is 0 Å². The number of hydrogen-bond donors (Lipinski definition) is 2. The SMILES string of the molecule is CCC(C)(CN)C1(O)CCC(C)C1. The highest BCUT2D eigenvalue weighted by Crippen LogP contribution is 2.47. The maximum Gasteiger partial charge on any atom is 0.0715 e. The minimum absolute atomic E-state index is 0.0856. The van der Waals surface area contributed by atoms with E-state index in [-0.39, 0.29) is 5.41 Å². The van der Waals surface area contributed by atoms with E-state index in [1.165, 1.54) is 0 Å². The van der Waals surface area contributed by atoms with Gasteiger partial charge in [-0.2, -0.15) is 0 Å². The Morgan fingerprint density at radius 2 is 2.23 bits per heavy atom. The molecule has 0 bridgehead atoms. The summed E-state index contributed by atoms with van der Waals surface area (Å²) in [5.74, 6) is 0.655. The van der Waals surface area contributed by atoms with Gasteiger partial charge in [-0.1, -0.05) is 20.8 Å². The number of aliphatic hydroxyl groups is 1. The number of nitrogens with two attached hydrogens (primary N) is 1. The minimum Gasteiger partial charge on any atom is -0.389 e. The van der Waals surface area contributed by atoms with Crippen LogP contribution in [-0.4, -0.2) is 17.3 Å². The van der Waals surface area contributed by atoms with Gasteiger partial charge in [0.1, 0.15) is 0 Å². The minimum atomic E-state index is -0.504. The van der Waals surface area contributed by atoms with Gasteiger partial charge in [0, 0.05) is 12.0 Å². The summed E-state index contributed by atoms with van der Waals surface area (Å²) in [6, 6.07) is 0. The van der Waals surface area contributed by atoms with E-state index in [1.54, 1.807) is 0 Å². The summed E-state index contributed by atoms with van der Waals surface area (Å²) in [5.41, 5.74) is 5.18. The average molecular weight is 185 g/mol. The van der Waals surface area contributed by atoms with Crippen LogP contribution in [0.15, 0.2) is 0 Å². The molecule has 2 heteroatoms. The largest absolute Gasteiger partial charge is 0.389 e. The molecular weight excluding hydrogens is 162 g/mol. The summed E-state index contributed by atoms with van der Waals surface area (Å²) in [6.07, 6.45) is 3.96. The van der Waals surface area contributed by atoms with Crippen LogP contribution >= 0.6 is 0 Å². The van der Waals surface area contributed by atoms with Crippen LogP contribution in [-0.2, 0) is 0 Å². The molecule has 0 aliphatic heterocycles. The third-order valence-electron chi connectivity index (χ3n) is 4.09. The van der Waals surface area contributed by atoms with E-state index < -0.39 is 5.60 Å². The summed E-state index contributed by atoms with van der Waals surface area (Å²) in [4.78, 5) is 0. The molecule has 1 aliphatic carbocycles. The second-order valence-corrected chi connectivity index (χ2v) is 5.00. The van der Waals surface area contributed by atoms with E-state index in [4.69, 9.17) is 5.73 Å². The highest BCUT2D eigenvalue weighted by atomic mass is 16.3. The van der Waals surface area contributed by atoms with Crippen LogP contribution in [0.5, 0.6) is 0 Å².